The zero-order valence-electron chi connectivity index (χ0n) is 10.1. The number of rotatable bonds is 2. The Morgan fingerprint density at radius 2 is 2.24 bits per heavy atom. The van der Waals surface area contributed by atoms with Gasteiger partial charge in [0.2, 0.25) is 0 Å². The molecule has 1 unspecified atom stereocenters. The van der Waals surface area contributed by atoms with Crippen LogP contribution in [0.2, 0.25) is 5.02 Å². The van der Waals surface area contributed by atoms with Gasteiger partial charge in [0.1, 0.15) is 0 Å². The van der Waals surface area contributed by atoms with E-state index in [1.54, 1.807) is 6.07 Å². The summed E-state index contributed by atoms with van der Waals surface area (Å²) >= 11 is 5.95. The molecule has 1 saturated heterocycles. The molecule has 1 aromatic rings. The van der Waals surface area contributed by atoms with Gasteiger partial charge in [-0.1, -0.05) is 11.6 Å². The molecule has 17 heavy (non-hydrogen) atoms. The number of hydrogen-bond acceptors (Lipinski definition) is 2. The Balaban J connectivity index is 2.14. The van der Waals surface area contributed by atoms with Gasteiger partial charge in [-0.3, -0.25) is 4.79 Å². The number of carbonyl (C=O) groups excluding carboxylic acids is 1. The van der Waals surface area contributed by atoms with Crippen molar-refractivity contribution < 1.29 is 4.79 Å². The van der Waals surface area contributed by atoms with Gasteiger partial charge in [-0.15, -0.1) is 0 Å². The molecule has 0 spiro atoms. The van der Waals surface area contributed by atoms with Crippen molar-refractivity contribution in [3.63, 3.8) is 0 Å². The Labute approximate surface area is 107 Å². The van der Waals surface area contributed by atoms with Gasteiger partial charge in [-0.25, -0.2) is 0 Å². The molecule has 1 aliphatic heterocycles. The normalized spacial score (nSPS) is 23.7. The van der Waals surface area contributed by atoms with Crippen LogP contribution < -0.4 is 10.6 Å². The number of amides is 1. The molecule has 0 aromatic heterocycles. The average Bonchev–Trinajstić information content (AvgIpc) is 2.63. The predicted octanol–water partition coefficient (Wildman–Crippen LogP) is 2.13. The number of aryl methyl sites for hydroxylation is 1. The van der Waals surface area contributed by atoms with Gasteiger partial charge in [0.05, 0.1) is 5.54 Å². The van der Waals surface area contributed by atoms with E-state index < -0.39 is 0 Å². The van der Waals surface area contributed by atoms with Crippen LogP contribution in [0.5, 0.6) is 0 Å². The molecular weight excluding hydrogens is 236 g/mol. The molecule has 1 heterocycles. The molecular formula is C13H17ClN2O. The van der Waals surface area contributed by atoms with E-state index in [0.29, 0.717) is 10.6 Å². The van der Waals surface area contributed by atoms with E-state index in [0.717, 1.165) is 25.1 Å². The van der Waals surface area contributed by atoms with Crippen LogP contribution in [0.25, 0.3) is 0 Å². The van der Waals surface area contributed by atoms with E-state index in [4.69, 9.17) is 11.6 Å². The first kappa shape index (κ1) is 12.4. The van der Waals surface area contributed by atoms with Crippen LogP contribution in [0.4, 0.5) is 0 Å². The third-order valence-electron chi connectivity index (χ3n) is 3.09. The van der Waals surface area contributed by atoms with Crippen molar-refractivity contribution >= 4 is 17.5 Å². The van der Waals surface area contributed by atoms with Crippen LogP contribution in [0.1, 0.15) is 29.3 Å². The van der Waals surface area contributed by atoms with Gasteiger partial charge in [0.25, 0.3) is 5.91 Å². The summed E-state index contributed by atoms with van der Waals surface area (Å²) in [5.41, 5.74) is 1.48. The van der Waals surface area contributed by atoms with E-state index in [1.807, 2.05) is 19.1 Å². The second kappa shape index (κ2) is 4.67. The van der Waals surface area contributed by atoms with Gasteiger partial charge in [0.15, 0.2) is 0 Å². The second-order valence-electron chi connectivity index (χ2n) is 4.96. The van der Waals surface area contributed by atoms with Gasteiger partial charge >= 0.3 is 0 Å². The molecule has 0 radical (unpaired) electrons. The van der Waals surface area contributed by atoms with Crippen LogP contribution in [-0.2, 0) is 0 Å². The van der Waals surface area contributed by atoms with Crippen molar-refractivity contribution in [1.82, 2.24) is 10.6 Å². The Kier molecular flexibility index (Phi) is 3.40. The summed E-state index contributed by atoms with van der Waals surface area (Å²) in [6.07, 6.45) is 0.957. The summed E-state index contributed by atoms with van der Waals surface area (Å²) in [4.78, 5) is 12.1. The molecule has 1 aromatic carbocycles. The first-order valence-electron chi connectivity index (χ1n) is 5.79. The zero-order valence-corrected chi connectivity index (χ0v) is 10.9. The first-order valence-corrected chi connectivity index (χ1v) is 6.17. The molecule has 1 atom stereocenters. The summed E-state index contributed by atoms with van der Waals surface area (Å²) in [6, 6.07) is 5.40. The topological polar surface area (TPSA) is 41.1 Å². The lowest BCUT2D eigenvalue weighted by Gasteiger charge is -2.24. The van der Waals surface area contributed by atoms with Crippen LogP contribution in [0.15, 0.2) is 18.2 Å². The average molecular weight is 253 g/mol. The van der Waals surface area contributed by atoms with Crippen LogP contribution in [0.3, 0.4) is 0 Å². The highest BCUT2D eigenvalue weighted by atomic mass is 35.5. The van der Waals surface area contributed by atoms with Crippen LogP contribution in [-0.4, -0.2) is 24.5 Å². The maximum absolute atomic E-state index is 12.1. The van der Waals surface area contributed by atoms with Gasteiger partial charge in [-0.05, 0) is 50.6 Å². The number of benzene rings is 1. The zero-order chi connectivity index (χ0) is 12.5. The van der Waals surface area contributed by atoms with Crippen molar-refractivity contribution in [2.75, 3.05) is 13.1 Å². The highest BCUT2D eigenvalue weighted by Crippen LogP contribution is 2.17. The second-order valence-corrected chi connectivity index (χ2v) is 5.40. The van der Waals surface area contributed by atoms with E-state index in [2.05, 4.69) is 17.6 Å². The standard InChI is InChI=1S/C13H17ClN2O/c1-9-5-10(7-11(14)6-9)12(17)16-13(2)3-4-15-8-13/h5-7,15H,3-4,8H2,1-2H3,(H,16,17). The quantitative estimate of drug-likeness (QED) is 0.847. The Morgan fingerprint density at radius 3 is 2.82 bits per heavy atom. The number of hydrogen-bond donors (Lipinski definition) is 2. The monoisotopic (exact) mass is 252 g/mol. The van der Waals surface area contributed by atoms with Crippen molar-refractivity contribution in [3.05, 3.63) is 34.3 Å². The Hall–Kier alpha value is -1.06. The molecule has 0 saturated carbocycles. The molecule has 3 nitrogen and oxygen atoms in total. The van der Waals surface area contributed by atoms with Gasteiger partial charge in [-0.2, -0.15) is 0 Å². The van der Waals surface area contributed by atoms with E-state index in [-0.39, 0.29) is 11.4 Å². The number of carbonyl (C=O) groups is 1. The summed E-state index contributed by atoms with van der Waals surface area (Å²) in [5, 5.41) is 6.92. The highest BCUT2D eigenvalue weighted by Gasteiger charge is 2.30. The predicted molar refractivity (Wildman–Crippen MR) is 69.5 cm³/mol. The fraction of sp³-hybridized carbons (Fsp3) is 0.462. The Bertz CT molecular complexity index is 419. The summed E-state index contributed by atoms with van der Waals surface area (Å²) in [7, 11) is 0. The minimum Gasteiger partial charge on any atom is -0.346 e. The molecule has 4 heteroatoms. The SMILES string of the molecule is Cc1cc(Cl)cc(C(=O)NC2(C)CCNC2)c1. The summed E-state index contributed by atoms with van der Waals surface area (Å²) in [6.45, 7) is 5.76. The van der Waals surface area contributed by atoms with Crippen molar-refractivity contribution in [1.29, 1.82) is 0 Å². The maximum atomic E-state index is 12.1. The Morgan fingerprint density at radius 1 is 1.47 bits per heavy atom. The van der Waals surface area contributed by atoms with E-state index in [1.165, 1.54) is 0 Å². The third kappa shape index (κ3) is 2.99. The minimum atomic E-state index is -0.146. The molecule has 92 valence electrons. The molecule has 2 N–H and O–H groups in total. The molecule has 1 amide bonds. The molecule has 1 aliphatic rings. The summed E-state index contributed by atoms with van der Waals surface area (Å²) < 4.78 is 0. The van der Waals surface area contributed by atoms with Crippen molar-refractivity contribution in [2.24, 2.45) is 0 Å². The molecule has 2 rings (SSSR count). The number of nitrogens with one attached hydrogen (secondary N) is 2. The fourth-order valence-electron chi connectivity index (χ4n) is 2.14. The first-order chi connectivity index (χ1) is 7.98. The highest BCUT2D eigenvalue weighted by molar-refractivity contribution is 6.31. The van der Waals surface area contributed by atoms with Crippen molar-refractivity contribution in [2.45, 2.75) is 25.8 Å². The maximum Gasteiger partial charge on any atom is 0.251 e. The van der Waals surface area contributed by atoms with E-state index in [9.17, 15) is 4.79 Å². The lowest BCUT2D eigenvalue weighted by Crippen LogP contribution is -2.47. The lowest BCUT2D eigenvalue weighted by molar-refractivity contribution is 0.0913. The minimum absolute atomic E-state index is 0.0539. The molecule has 1 fully saturated rings. The lowest BCUT2D eigenvalue weighted by atomic mass is 10.0. The van der Waals surface area contributed by atoms with Gasteiger partial charge < -0.3 is 10.6 Å². The molecule has 0 aliphatic carbocycles. The van der Waals surface area contributed by atoms with E-state index >= 15 is 0 Å². The molecule has 0 bridgehead atoms. The smallest absolute Gasteiger partial charge is 0.251 e. The third-order valence-corrected chi connectivity index (χ3v) is 3.31. The van der Waals surface area contributed by atoms with Crippen LogP contribution in [0, 0.1) is 6.92 Å². The van der Waals surface area contributed by atoms with Gasteiger partial charge in [0, 0.05) is 17.1 Å². The fourth-order valence-corrected chi connectivity index (χ4v) is 2.43. The summed E-state index contributed by atoms with van der Waals surface area (Å²) in [5.74, 6) is -0.0539. The largest absolute Gasteiger partial charge is 0.346 e. The number of halogens is 1. The van der Waals surface area contributed by atoms with Crippen molar-refractivity contribution in [3.8, 4) is 0 Å². The van der Waals surface area contributed by atoms with Crippen LogP contribution >= 0.6 is 11.6 Å².